The highest BCUT2D eigenvalue weighted by Crippen LogP contribution is 2.28. The van der Waals surface area contributed by atoms with Gasteiger partial charge in [-0.15, -0.1) is 0 Å². The zero-order valence-corrected chi connectivity index (χ0v) is 23.8. The van der Waals surface area contributed by atoms with Crippen molar-refractivity contribution in [2.75, 3.05) is 67.6 Å². The molecular weight excluding hydrogens is 496 g/mol. The third-order valence-electron chi connectivity index (χ3n) is 7.61. The van der Waals surface area contributed by atoms with E-state index < -0.39 is 10.0 Å². The highest BCUT2D eigenvalue weighted by Gasteiger charge is 2.33. The molecule has 0 unspecified atom stereocenters. The minimum Gasteiger partial charge on any atom is -0.497 e. The van der Waals surface area contributed by atoms with Gasteiger partial charge in [0.25, 0.3) is 0 Å². The number of rotatable bonds is 10. The Labute approximate surface area is 221 Å². The van der Waals surface area contributed by atoms with Crippen molar-refractivity contribution in [3.8, 4) is 5.75 Å². The quantitative estimate of drug-likeness (QED) is 0.416. The summed E-state index contributed by atoms with van der Waals surface area (Å²) in [7, 11) is 3.11. The number of methoxy groups -OCH3 is 1. The maximum absolute atomic E-state index is 13.1. The van der Waals surface area contributed by atoms with Gasteiger partial charge in [0.05, 0.1) is 25.2 Å². The van der Waals surface area contributed by atoms with Gasteiger partial charge in [0.15, 0.2) is 0 Å². The summed E-state index contributed by atoms with van der Waals surface area (Å²) in [6, 6.07) is 3.79. The Morgan fingerprint density at radius 1 is 1.08 bits per heavy atom. The molecule has 0 aromatic heterocycles. The first-order valence-corrected chi connectivity index (χ1v) is 14.3. The Balaban J connectivity index is 1.43. The number of ether oxygens (including phenoxy) is 2. The van der Waals surface area contributed by atoms with E-state index in [1.807, 2.05) is 16.8 Å². The fourth-order valence-corrected chi connectivity index (χ4v) is 6.87. The number of amides is 2. The number of sulfonamides is 1. The Morgan fingerprint density at radius 2 is 1.70 bits per heavy atom. The topological polar surface area (TPSA) is 99.7 Å². The number of nitrogens with zero attached hydrogens (tertiary/aromatic N) is 4. The van der Waals surface area contributed by atoms with Crippen LogP contribution in [0.4, 0.5) is 0 Å². The molecule has 1 heterocycles. The van der Waals surface area contributed by atoms with Gasteiger partial charge in [-0.25, -0.2) is 8.42 Å². The SMILES string of the molecule is COc1cc(C)c(S(=O)(=O)N(C)CCOCC(=O)N(C)[C@H]2CC[C@@H](N3CCN(C)CC3=O)CC2)c(C)c1. The number of piperazine rings is 1. The van der Waals surface area contributed by atoms with Gasteiger partial charge in [-0.1, -0.05) is 0 Å². The first kappa shape index (κ1) is 29.3. The van der Waals surface area contributed by atoms with E-state index in [1.54, 1.807) is 45.0 Å². The van der Waals surface area contributed by atoms with Gasteiger partial charge in [-0.05, 0) is 69.8 Å². The minimum absolute atomic E-state index is 0.0954. The summed E-state index contributed by atoms with van der Waals surface area (Å²) in [4.78, 5) is 31.2. The predicted octanol–water partition coefficient (Wildman–Crippen LogP) is 1.49. The lowest BCUT2D eigenvalue weighted by molar-refractivity contribution is -0.141. The van der Waals surface area contributed by atoms with Crippen LogP contribution in [0.15, 0.2) is 17.0 Å². The molecule has 208 valence electrons. The number of hydrogen-bond donors (Lipinski definition) is 0. The highest BCUT2D eigenvalue weighted by molar-refractivity contribution is 7.89. The largest absolute Gasteiger partial charge is 0.497 e. The molecule has 0 atom stereocenters. The van der Waals surface area contributed by atoms with Gasteiger partial charge in [0.1, 0.15) is 12.4 Å². The third kappa shape index (κ3) is 7.01. The molecule has 1 saturated heterocycles. The van der Waals surface area contributed by atoms with Gasteiger partial charge in [0, 0.05) is 45.8 Å². The number of aryl methyl sites for hydroxylation is 2. The standard InChI is InChI=1S/C26H42N4O6S/c1-19-15-23(35-6)16-20(2)26(19)37(33,34)28(4)13-14-36-18-25(32)29(5)21-7-9-22(10-8-21)30-12-11-27(3)17-24(30)31/h15-16,21-22H,7-14,17-18H2,1-6H3/t21-,22+. The fourth-order valence-electron chi connectivity index (χ4n) is 5.32. The maximum Gasteiger partial charge on any atom is 0.248 e. The van der Waals surface area contributed by atoms with Crippen LogP contribution in [0.2, 0.25) is 0 Å². The summed E-state index contributed by atoms with van der Waals surface area (Å²) in [5, 5.41) is 0. The first-order chi connectivity index (χ1) is 17.4. The van der Waals surface area contributed by atoms with E-state index in [9.17, 15) is 18.0 Å². The summed E-state index contributed by atoms with van der Waals surface area (Å²) < 4.78 is 38.3. The van der Waals surface area contributed by atoms with Crippen molar-refractivity contribution in [2.45, 2.75) is 56.5 Å². The zero-order valence-electron chi connectivity index (χ0n) is 23.0. The molecule has 3 rings (SSSR count). The lowest BCUT2D eigenvalue weighted by Gasteiger charge is -2.42. The van der Waals surface area contributed by atoms with Crippen LogP contribution in [0.3, 0.4) is 0 Å². The van der Waals surface area contributed by atoms with Crippen molar-refractivity contribution in [3.63, 3.8) is 0 Å². The number of likely N-dealkylation sites (N-methyl/N-ethyl adjacent to an activating group) is 3. The molecule has 10 nitrogen and oxygen atoms in total. The molecule has 1 aliphatic carbocycles. The Bertz CT molecular complexity index is 1050. The monoisotopic (exact) mass is 538 g/mol. The van der Waals surface area contributed by atoms with Crippen molar-refractivity contribution >= 4 is 21.8 Å². The first-order valence-electron chi connectivity index (χ1n) is 12.9. The van der Waals surface area contributed by atoms with Crippen LogP contribution in [0.1, 0.15) is 36.8 Å². The Morgan fingerprint density at radius 3 is 2.27 bits per heavy atom. The summed E-state index contributed by atoms with van der Waals surface area (Å²) in [5.74, 6) is 0.690. The fraction of sp³-hybridized carbons (Fsp3) is 0.692. The number of carbonyl (C=O) groups is 2. The Kier molecular flexibility index (Phi) is 9.96. The summed E-state index contributed by atoms with van der Waals surface area (Å²) in [6.45, 7) is 5.80. The van der Waals surface area contributed by atoms with Crippen molar-refractivity contribution in [1.82, 2.24) is 19.0 Å². The highest BCUT2D eigenvalue weighted by atomic mass is 32.2. The zero-order chi connectivity index (χ0) is 27.3. The Hall–Kier alpha value is -2.21. The summed E-state index contributed by atoms with van der Waals surface area (Å²) in [5.41, 5.74) is 1.24. The van der Waals surface area contributed by atoms with Crippen LogP contribution in [-0.4, -0.2) is 119 Å². The van der Waals surface area contributed by atoms with Crippen LogP contribution in [0.5, 0.6) is 5.75 Å². The summed E-state index contributed by atoms with van der Waals surface area (Å²) in [6.07, 6.45) is 3.50. The predicted molar refractivity (Wildman–Crippen MR) is 141 cm³/mol. The number of hydrogen-bond acceptors (Lipinski definition) is 7. The van der Waals surface area contributed by atoms with E-state index in [4.69, 9.17) is 9.47 Å². The van der Waals surface area contributed by atoms with Crippen LogP contribution >= 0.6 is 0 Å². The molecule has 1 aromatic carbocycles. The van der Waals surface area contributed by atoms with Crippen LogP contribution < -0.4 is 4.74 Å². The normalized spacial score (nSPS) is 21.4. The number of carbonyl (C=O) groups excluding carboxylic acids is 2. The summed E-state index contributed by atoms with van der Waals surface area (Å²) >= 11 is 0. The molecular formula is C26H42N4O6S. The molecule has 37 heavy (non-hydrogen) atoms. The van der Waals surface area contributed by atoms with E-state index in [2.05, 4.69) is 0 Å². The van der Waals surface area contributed by atoms with Gasteiger partial charge >= 0.3 is 0 Å². The van der Waals surface area contributed by atoms with Crippen molar-refractivity contribution < 1.29 is 27.5 Å². The molecule has 0 bridgehead atoms. The second kappa shape index (κ2) is 12.6. The van der Waals surface area contributed by atoms with Crippen LogP contribution in [0, 0.1) is 13.8 Å². The second-order valence-electron chi connectivity index (χ2n) is 10.3. The molecule has 11 heteroatoms. The molecule has 0 spiro atoms. The third-order valence-corrected chi connectivity index (χ3v) is 9.77. The molecule has 1 saturated carbocycles. The smallest absolute Gasteiger partial charge is 0.248 e. The average molecular weight is 539 g/mol. The average Bonchev–Trinajstić information content (AvgIpc) is 2.85. The molecule has 2 fully saturated rings. The van der Waals surface area contributed by atoms with Crippen LogP contribution in [-0.2, 0) is 24.3 Å². The van der Waals surface area contributed by atoms with Gasteiger partial charge < -0.3 is 19.3 Å². The molecule has 1 aliphatic heterocycles. The minimum atomic E-state index is -3.71. The van der Waals surface area contributed by atoms with Crippen molar-refractivity contribution in [3.05, 3.63) is 23.3 Å². The van der Waals surface area contributed by atoms with Gasteiger partial charge in [-0.3, -0.25) is 14.5 Å². The van der Waals surface area contributed by atoms with Gasteiger partial charge in [0.2, 0.25) is 21.8 Å². The number of benzene rings is 1. The van der Waals surface area contributed by atoms with Gasteiger partial charge in [-0.2, -0.15) is 4.31 Å². The molecule has 2 amide bonds. The maximum atomic E-state index is 13.1. The van der Waals surface area contributed by atoms with E-state index in [0.29, 0.717) is 23.4 Å². The lowest BCUT2D eigenvalue weighted by Crippen LogP contribution is -2.54. The van der Waals surface area contributed by atoms with Crippen molar-refractivity contribution in [2.24, 2.45) is 0 Å². The van der Waals surface area contributed by atoms with Crippen LogP contribution in [0.25, 0.3) is 0 Å². The molecule has 1 aromatic rings. The lowest BCUT2D eigenvalue weighted by atomic mass is 9.89. The van der Waals surface area contributed by atoms with E-state index in [0.717, 1.165) is 38.8 Å². The van der Waals surface area contributed by atoms with E-state index in [-0.39, 0.29) is 48.6 Å². The molecule has 0 N–H and O–H groups in total. The second-order valence-corrected chi connectivity index (χ2v) is 12.2. The van der Waals surface area contributed by atoms with Crippen molar-refractivity contribution in [1.29, 1.82) is 0 Å². The van der Waals surface area contributed by atoms with E-state index in [1.165, 1.54) is 11.4 Å². The molecule has 2 aliphatic rings. The molecule has 0 radical (unpaired) electrons. The van der Waals surface area contributed by atoms with E-state index >= 15 is 0 Å².